The normalized spacial score (nSPS) is 22.1. The number of nitrogens with one attached hydrogen (secondary N) is 1. The number of fused-ring (bicyclic) bond motifs is 3. The van der Waals surface area contributed by atoms with Crippen LogP contribution < -0.4 is 15.1 Å². The van der Waals surface area contributed by atoms with Crippen molar-refractivity contribution in [3.63, 3.8) is 0 Å². The summed E-state index contributed by atoms with van der Waals surface area (Å²) in [6, 6.07) is 8.30. The van der Waals surface area contributed by atoms with Crippen molar-refractivity contribution in [2.75, 3.05) is 59.9 Å². The molecule has 0 spiro atoms. The van der Waals surface area contributed by atoms with Crippen molar-refractivity contribution < 1.29 is 13.2 Å². The van der Waals surface area contributed by atoms with Crippen LogP contribution in [0.5, 0.6) is 0 Å². The predicted octanol–water partition coefficient (Wildman–Crippen LogP) is 3.60. The van der Waals surface area contributed by atoms with E-state index in [1.54, 1.807) is 6.20 Å². The van der Waals surface area contributed by atoms with E-state index in [1.165, 1.54) is 11.8 Å². The molecule has 2 bridgehead atoms. The first-order chi connectivity index (χ1) is 17.7. The summed E-state index contributed by atoms with van der Waals surface area (Å²) in [7, 11) is -2.97. The van der Waals surface area contributed by atoms with Crippen molar-refractivity contribution in [2.45, 2.75) is 32.3 Å². The van der Waals surface area contributed by atoms with Gasteiger partial charge >= 0.3 is 0 Å². The quantitative estimate of drug-likeness (QED) is 0.499. The summed E-state index contributed by atoms with van der Waals surface area (Å²) in [6.07, 6.45) is 6.43. The van der Waals surface area contributed by atoms with E-state index in [0.29, 0.717) is 17.7 Å². The zero-order chi connectivity index (χ0) is 25.7. The molecule has 3 aliphatic heterocycles. The number of hydrogen-bond acceptors (Lipinski definition) is 9. The van der Waals surface area contributed by atoms with Crippen LogP contribution in [0.1, 0.15) is 31.7 Å². The zero-order valence-corrected chi connectivity index (χ0v) is 22.4. The molecule has 0 aliphatic carbocycles. The number of anilines is 4. The molecule has 0 amide bonds. The molecule has 2 aromatic heterocycles. The van der Waals surface area contributed by atoms with Gasteiger partial charge in [0.15, 0.2) is 0 Å². The van der Waals surface area contributed by atoms with E-state index in [9.17, 15) is 8.42 Å². The maximum absolute atomic E-state index is 11.7. The summed E-state index contributed by atoms with van der Waals surface area (Å²) in [4.78, 5) is 18.5. The number of benzene rings is 1. The fourth-order valence-electron chi connectivity index (χ4n) is 5.93. The van der Waals surface area contributed by atoms with Gasteiger partial charge in [-0.1, -0.05) is 19.9 Å². The first-order valence-corrected chi connectivity index (χ1v) is 15.1. The molecule has 3 saturated heterocycles. The van der Waals surface area contributed by atoms with Crippen molar-refractivity contribution in [2.24, 2.45) is 11.8 Å². The Balaban J connectivity index is 1.25. The Morgan fingerprint density at radius 2 is 1.89 bits per heavy atom. The van der Waals surface area contributed by atoms with Crippen LogP contribution in [0.15, 0.2) is 36.7 Å². The standard InChI is InChI=1S/C27H34N6O3S/c1-17(2)21-4-5-24(32-12-19(13-32)16-37(3,34)35)23-10-29-26(9-22(21)23)30-25-6-7-28-27(31-25)33-11-18-8-20(14-33)36-15-18/h4-7,9-10,17-20H,8,11-16H2,1-3H3,(H,28,29,30,31)/t18?,20-/m0/s1. The smallest absolute Gasteiger partial charge is 0.227 e. The third-order valence-electron chi connectivity index (χ3n) is 7.62. The van der Waals surface area contributed by atoms with Gasteiger partial charge in [0.25, 0.3) is 0 Å². The summed E-state index contributed by atoms with van der Waals surface area (Å²) in [5.41, 5.74) is 2.36. The fourth-order valence-corrected chi connectivity index (χ4v) is 6.99. The average Bonchev–Trinajstić information content (AvgIpc) is 3.17. The Kier molecular flexibility index (Phi) is 6.19. The highest BCUT2D eigenvalue weighted by Crippen LogP contribution is 2.37. The minimum Gasteiger partial charge on any atom is -0.376 e. The first kappa shape index (κ1) is 24.4. The molecule has 3 aliphatic rings. The summed E-state index contributed by atoms with van der Waals surface area (Å²) < 4.78 is 29.2. The summed E-state index contributed by atoms with van der Waals surface area (Å²) in [6.45, 7) is 8.47. The second-order valence-electron chi connectivity index (χ2n) is 11.1. The van der Waals surface area contributed by atoms with E-state index >= 15 is 0 Å². The molecule has 1 N–H and O–H groups in total. The van der Waals surface area contributed by atoms with Crippen LogP contribution in [0, 0.1) is 11.8 Å². The van der Waals surface area contributed by atoms with Crippen molar-refractivity contribution in [3.8, 4) is 0 Å². The second kappa shape index (κ2) is 9.40. The Morgan fingerprint density at radius 3 is 2.65 bits per heavy atom. The molecule has 3 aromatic rings. The van der Waals surface area contributed by atoms with Crippen LogP contribution >= 0.6 is 0 Å². The number of hydrogen-bond donors (Lipinski definition) is 1. The molecule has 196 valence electrons. The molecule has 9 nitrogen and oxygen atoms in total. The van der Waals surface area contributed by atoms with Gasteiger partial charge in [0.1, 0.15) is 21.5 Å². The van der Waals surface area contributed by atoms with Gasteiger partial charge in [0.05, 0.1) is 18.5 Å². The molecule has 37 heavy (non-hydrogen) atoms. The zero-order valence-electron chi connectivity index (χ0n) is 21.6. The number of nitrogens with zero attached hydrogens (tertiary/aromatic N) is 5. The van der Waals surface area contributed by atoms with Crippen LogP contribution in [0.2, 0.25) is 0 Å². The Morgan fingerprint density at radius 1 is 1.05 bits per heavy atom. The molecular formula is C27H34N6O3S. The molecular weight excluding hydrogens is 488 g/mol. The van der Waals surface area contributed by atoms with Crippen LogP contribution in [0.3, 0.4) is 0 Å². The molecule has 0 saturated carbocycles. The average molecular weight is 523 g/mol. The summed E-state index contributed by atoms with van der Waals surface area (Å²) in [5.74, 6) is 3.49. The van der Waals surface area contributed by atoms with Crippen LogP contribution in [-0.2, 0) is 14.6 Å². The maximum Gasteiger partial charge on any atom is 0.227 e. The first-order valence-electron chi connectivity index (χ1n) is 13.0. The largest absolute Gasteiger partial charge is 0.376 e. The third kappa shape index (κ3) is 5.09. The van der Waals surface area contributed by atoms with E-state index in [2.05, 4.69) is 52.1 Å². The van der Waals surface area contributed by atoms with Gasteiger partial charge in [-0.25, -0.2) is 18.4 Å². The van der Waals surface area contributed by atoms with Crippen LogP contribution in [0.25, 0.3) is 10.8 Å². The molecule has 5 heterocycles. The van der Waals surface area contributed by atoms with E-state index < -0.39 is 9.84 Å². The summed E-state index contributed by atoms with van der Waals surface area (Å²) in [5, 5.41) is 5.62. The Labute approximate surface area is 218 Å². The van der Waals surface area contributed by atoms with Crippen molar-refractivity contribution >= 4 is 43.9 Å². The van der Waals surface area contributed by atoms with Crippen LogP contribution in [-0.4, -0.2) is 74.3 Å². The molecule has 0 radical (unpaired) electrons. The van der Waals surface area contributed by atoms with Crippen molar-refractivity contribution in [1.29, 1.82) is 0 Å². The minimum atomic E-state index is -2.97. The predicted molar refractivity (Wildman–Crippen MR) is 147 cm³/mol. The molecule has 10 heteroatoms. The van der Waals surface area contributed by atoms with Gasteiger partial charge < -0.3 is 19.9 Å². The molecule has 3 fully saturated rings. The lowest BCUT2D eigenvalue weighted by atomic mass is 9.93. The lowest BCUT2D eigenvalue weighted by Crippen LogP contribution is -2.49. The lowest BCUT2D eigenvalue weighted by molar-refractivity contribution is 0.119. The highest BCUT2D eigenvalue weighted by molar-refractivity contribution is 7.90. The molecule has 1 unspecified atom stereocenters. The maximum atomic E-state index is 11.7. The third-order valence-corrected chi connectivity index (χ3v) is 8.70. The van der Waals surface area contributed by atoms with Gasteiger partial charge in [-0.2, -0.15) is 4.98 Å². The summed E-state index contributed by atoms with van der Waals surface area (Å²) >= 11 is 0. The SMILES string of the molecule is CC(C)c1ccc(N2CC(CS(C)(=O)=O)C2)c2cnc(Nc3ccnc(N4CC5CO[C@@H](C5)C4)n3)cc12. The van der Waals surface area contributed by atoms with Gasteiger partial charge in [-0.05, 0) is 41.5 Å². The van der Waals surface area contributed by atoms with Gasteiger partial charge in [0, 0.05) is 67.7 Å². The number of aromatic nitrogens is 3. The highest BCUT2D eigenvalue weighted by Gasteiger charge is 2.35. The topological polar surface area (TPSA) is 101 Å². The second-order valence-corrected chi connectivity index (χ2v) is 13.3. The van der Waals surface area contributed by atoms with Crippen LogP contribution in [0.4, 0.5) is 23.3 Å². The van der Waals surface area contributed by atoms with Crippen molar-refractivity contribution in [3.05, 3.63) is 42.2 Å². The number of rotatable bonds is 7. The minimum absolute atomic E-state index is 0.178. The Bertz CT molecular complexity index is 1410. The lowest BCUT2D eigenvalue weighted by Gasteiger charge is -2.41. The molecule has 2 atom stereocenters. The van der Waals surface area contributed by atoms with E-state index in [1.807, 2.05) is 12.3 Å². The van der Waals surface area contributed by atoms with E-state index in [0.717, 1.165) is 67.4 Å². The van der Waals surface area contributed by atoms with Gasteiger partial charge in [-0.15, -0.1) is 0 Å². The molecule has 1 aromatic carbocycles. The number of ether oxygens (including phenoxy) is 1. The van der Waals surface area contributed by atoms with E-state index in [-0.39, 0.29) is 17.8 Å². The highest BCUT2D eigenvalue weighted by atomic mass is 32.2. The monoisotopic (exact) mass is 522 g/mol. The van der Waals surface area contributed by atoms with Crippen molar-refractivity contribution in [1.82, 2.24) is 15.0 Å². The van der Waals surface area contributed by atoms with Gasteiger partial charge in [0.2, 0.25) is 5.95 Å². The van der Waals surface area contributed by atoms with Gasteiger partial charge in [-0.3, -0.25) is 0 Å². The molecule has 6 rings (SSSR count). The number of sulfone groups is 1. The van der Waals surface area contributed by atoms with E-state index in [4.69, 9.17) is 14.7 Å². The number of pyridine rings is 1. The number of piperidine rings is 1. The fraction of sp³-hybridized carbons (Fsp3) is 0.519. The Hall–Kier alpha value is -2.98.